The summed E-state index contributed by atoms with van der Waals surface area (Å²) in [4.78, 5) is 2.37. The van der Waals surface area contributed by atoms with E-state index in [4.69, 9.17) is 5.73 Å². The van der Waals surface area contributed by atoms with Crippen molar-refractivity contribution in [3.8, 4) is 0 Å². The molecule has 2 aromatic carbocycles. The average molecular weight is 256 g/mol. The number of nitrogens with two attached hydrogens (primary N) is 1. The number of benzene rings is 2. The fraction of sp³-hybridized carbons (Fsp3) is 0.412. The number of rotatable bonds is 6. The maximum Gasteiger partial charge on any atom is 0.00226 e. The highest BCUT2D eigenvalue weighted by atomic mass is 15.1. The van der Waals surface area contributed by atoms with Gasteiger partial charge in [0.25, 0.3) is 0 Å². The van der Waals surface area contributed by atoms with Crippen LogP contribution >= 0.6 is 0 Å². The standard InChI is InChI=1S/C17H24N2/c1-14(18)10-12-19(2)13-11-16-8-5-7-15-6-3-4-9-17(15)16/h3-9,14H,10-13,18H2,1-2H3. The van der Waals surface area contributed by atoms with E-state index in [-0.39, 0.29) is 0 Å². The molecule has 0 aliphatic rings. The summed E-state index contributed by atoms with van der Waals surface area (Å²) in [6, 6.07) is 15.5. The second kappa shape index (κ2) is 6.69. The Bertz CT molecular complexity index is 514. The molecule has 1 unspecified atom stereocenters. The smallest absolute Gasteiger partial charge is 0.00226 e. The lowest BCUT2D eigenvalue weighted by atomic mass is 10.0. The van der Waals surface area contributed by atoms with Crippen LogP contribution in [0.3, 0.4) is 0 Å². The Labute approximate surface area is 116 Å². The van der Waals surface area contributed by atoms with E-state index in [0.29, 0.717) is 6.04 Å². The summed E-state index contributed by atoms with van der Waals surface area (Å²) in [7, 11) is 2.17. The van der Waals surface area contributed by atoms with Gasteiger partial charge in [-0.25, -0.2) is 0 Å². The van der Waals surface area contributed by atoms with Crippen molar-refractivity contribution < 1.29 is 0 Å². The van der Waals surface area contributed by atoms with E-state index in [0.717, 1.165) is 25.9 Å². The van der Waals surface area contributed by atoms with Crippen LogP contribution < -0.4 is 5.73 Å². The maximum absolute atomic E-state index is 5.80. The summed E-state index contributed by atoms with van der Waals surface area (Å²) in [5.74, 6) is 0. The van der Waals surface area contributed by atoms with E-state index in [2.05, 4.69) is 61.3 Å². The van der Waals surface area contributed by atoms with Gasteiger partial charge in [0.15, 0.2) is 0 Å². The number of hydrogen-bond donors (Lipinski definition) is 1. The molecule has 1 atom stereocenters. The summed E-state index contributed by atoms with van der Waals surface area (Å²) < 4.78 is 0. The zero-order chi connectivity index (χ0) is 13.7. The molecule has 0 radical (unpaired) electrons. The molecule has 0 spiro atoms. The van der Waals surface area contributed by atoms with Crippen LogP contribution in [0.1, 0.15) is 18.9 Å². The van der Waals surface area contributed by atoms with Crippen LogP contribution in [0, 0.1) is 0 Å². The number of fused-ring (bicyclic) bond motifs is 1. The van der Waals surface area contributed by atoms with Gasteiger partial charge < -0.3 is 10.6 Å². The minimum absolute atomic E-state index is 0.292. The monoisotopic (exact) mass is 256 g/mol. The van der Waals surface area contributed by atoms with E-state index < -0.39 is 0 Å². The van der Waals surface area contributed by atoms with Crippen LogP contribution in [-0.2, 0) is 6.42 Å². The van der Waals surface area contributed by atoms with E-state index >= 15 is 0 Å². The largest absolute Gasteiger partial charge is 0.328 e. The Morgan fingerprint density at radius 2 is 1.79 bits per heavy atom. The Morgan fingerprint density at radius 1 is 1.05 bits per heavy atom. The molecule has 0 aliphatic carbocycles. The predicted octanol–water partition coefficient (Wildman–Crippen LogP) is 3.05. The van der Waals surface area contributed by atoms with Crippen molar-refractivity contribution in [2.75, 3.05) is 20.1 Å². The van der Waals surface area contributed by atoms with Gasteiger partial charge in [0, 0.05) is 12.6 Å². The van der Waals surface area contributed by atoms with Gasteiger partial charge in [0.2, 0.25) is 0 Å². The fourth-order valence-electron chi connectivity index (χ4n) is 2.36. The molecule has 19 heavy (non-hydrogen) atoms. The number of likely N-dealkylation sites (N-methyl/N-ethyl adjacent to an activating group) is 1. The fourth-order valence-corrected chi connectivity index (χ4v) is 2.36. The van der Waals surface area contributed by atoms with Crippen LogP contribution in [0.5, 0.6) is 0 Å². The van der Waals surface area contributed by atoms with Crippen molar-refractivity contribution in [2.24, 2.45) is 5.73 Å². The third-order valence-electron chi connectivity index (χ3n) is 3.61. The topological polar surface area (TPSA) is 29.3 Å². The molecule has 2 N–H and O–H groups in total. The molecule has 0 fully saturated rings. The highest BCUT2D eigenvalue weighted by Gasteiger charge is 2.04. The number of hydrogen-bond acceptors (Lipinski definition) is 2. The first-order valence-corrected chi connectivity index (χ1v) is 7.07. The Morgan fingerprint density at radius 3 is 2.58 bits per heavy atom. The summed E-state index contributed by atoms with van der Waals surface area (Å²) >= 11 is 0. The van der Waals surface area contributed by atoms with Gasteiger partial charge in [-0.3, -0.25) is 0 Å². The summed E-state index contributed by atoms with van der Waals surface area (Å²) in [6.45, 7) is 4.22. The minimum Gasteiger partial charge on any atom is -0.328 e. The molecular weight excluding hydrogens is 232 g/mol. The van der Waals surface area contributed by atoms with Crippen molar-refractivity contribution in [1.29, 1.82) is 0 Å². The molecule has 0 aliphatic heterocycles. The highest BCUT2D eigenvalue weighted by molar-refractivity contribution is 5.85. The molecular formula is C17H24N2. The second-order valence-corrected chi connectivity index (χ2v) is 5.46. The van der Waals surface area contributed by atoms with E-state index in [1.54, 1.807) is 0 Å². The average Bonchev–Trinajstić information content (AvgIpc) is 2.42. The van der Waals surface area contributed by atoms with E-state index in [1.807, 2.05) is 0 Å². The number of nitrogens with zero attached hydrogens (tertiary/aromatic N) is 1. The van der Waals surface area contributed by atoms with Crippen molar-refractivity contribution in [3.05, 3.63) is 48.0 Å². The molecule has 0 aromatic heterocycles. The second-order valence-electron chi connectivity index (χ2n) is 5.46. The third kappa shape index (κ3) is 4.05. The van der Waals surface area contributed by atoms with Crippen LogP contribution in [-0.4, -0.2) is 31.1 Å². The minimum atomic E-state index is 0.292. The first-order valence-electron chi connectivity index (χ1n) is 7.07. The molecule has 0 amide bonds. The summed E-state index contributed by atoms with van der Waals surface area (Å²) in [6.07, 6.45) is 2.16. The maximum atomic E-state index is 5.80. The lowest BCUT2D eigenvalue weighted by molar-refractivity contribution is 0.325. The summed E-state index contributed by atoms with van der Waals surface area (Å²) in [5, 5.41) is 2.71. The van der Waals surface area contributed by atoms with Gasteiger partial charge in [0.05, 0.1) is 0 Å². The molecule has 2 nitrogen and oxygen atoms in total. The first kappa shape index (κ1) is 14.0. The molecule has 0 saturated carbocycles. The first-order chi connectivity index (χ1) is 9.16. The van der Waals surface area contributed by atoms with Gasteiger partial charge in [0.1, 0.15) is 0 Å². The van der Waals surface area contributed by atoms with Crippen LogP contribution in [0.25, 0.3) is 10.8 Å². The van der Waals surface area contributed by atoms with Crippen LogP contribution in [0.2, 0.25) is 0 Å². The van der Waals surface area contributed by atoms with Gasteiger partial charge >= 0.3 is 0 Å². The molecule has 0 heterocycles. The van der Waals surface area contributed by atoms with Crippen molar-refractivity contribution >= 4 is 10.8 Å². The normalized spacial score (nSPS) is 13.1. The van der Waals surface area contributed by atoms with Crippen LogP contribution in [0.4, 0.5) is 0 Å². The lowest BCUT2D eigenvalue weighted by Gasteiger charge is -2.18. The molecule has 2 aromatic rings. The Kier molecular flexibility index (Phi) is 4.94. The molecule has 2 rings (SSSR count). The van der Waals surface area contributed by atoms with Gasteiger partial charge in [-0.1, -0.05) is 42.5 Å². The Balaban J connectivity index is 1.98. The van der Waals surface area contributed by atoms with Crippen molar-refractivity contribution in [2.45, 2.75) is 25.8 Å². The van der Waals surface area contributed by atoms with E-state index in [9.17, 15) is 0 Å². The van der Waals surface area contributed by atoms with E-state index in [1.165, 1.54) is 16.3 Å². The Hall–Kier alpha value is -1.38. The predicted molar refractivity (Wildman–Crippen MR) is 83.4 cm³/mol. The molecule has 0 bridgehead atoms. The van der Waals surface area contributed by atoms with Crippen LogP contribution in [0.15, 0.2) is 42.5 Å². The third-order valence-corrected chi connectivity index (χ3v) is 3.61. The molecule has 0 saturated heterocycles. The lowest BCUT2D eigenvalue weighted by Crippen LogP contribution is -2.27. The molecule has 2 heteroatoms. The highest BCUT2D eigenvalue weighted by Crippen LogP contribution is 2.18. The quantitative estimate of drug-likeness (QED) is 0.860. The molecule has 102 valence electrons. The zero-order valence-corrected chi connectivity index (χ0v) is 12.0. The van der Waals surface area contributed by atoms with Crippen molar-refractivity contribution in [1.82, 2.24) is 4.90 Å². The van der Waals surface area contributed by atoms with Gasteiger partial charge in [-0.2, -0.15) is 0 Å². The summed E-state index contributed by atoms with van der Waals surface area (Å²) in [5.41, 5.74) is 7.23. The SMILES string of the molecule is CC(N)CCN(C)CCc1cccc2ccccc12. The van der Waals surface area contributed by atoms with Gasteiger partial charge in [-0.15, -0.1) is 0 Å². The van der Waals surface area contributed by atoms with Gasteiger partial charge in [-0.05, 0) is 49.7 Å². The zero-order valence-electron chi connectivity index (χ0n) is 12.0. The van der Waals surface area contributed by atoms with Crippen molar-refractivity contribution in [3.63, 3.8) is 0 Å².